The number of fused-ring (bicyclic) bond motifs is 2. The second-order valence-electron chi connectivity index (χ2n) is 8.38. The molecule has 2 aromatic carbocycles. The van der Waals surface area contributed by atoms with Crippen LogP contribution in [0.5, 0.6) is 11.5 Å². The van der Waals surface area contributed by atoms with Crippen molar-refractivity contribution in [2.24, 2.45) is 7.05 Å². The number of nitrogens with zero attached hydrogens (tertiary/aromatic N) is 3. The van der Waals surface area contributed by atoms with Crippen LogP contribution in [0.3, 0.4) is 0 Å². The minimum atomic E-state index is -0.0136. The van der Waals surface area contributed by atoms with Crippen LogP contribution in [0.4, 0.5) is 0 Å². The van der Waals surface area contributed by atoms with Crippen LogP contribution in [0.15, 0.2) is 66.9 Å². The number of aromatic nitrogens is 2. The third-order valence-electron chi connectivity index (χ3n) is 6.45. The molecule has 1 amide bonds. The summed E-state index contributed by atoms with van der Waals surface area (Å²) in [4.78, 5) is 19.7. The van der Waals surface area contributed by atoms with Gasteiger partial charge in [-0.15, -0.1) is 0 Å². The molecule has 5 rings (SSSR count). The first-order valence-corrected chi connectivity index (χ1v) is 11.3. The Kier molecular flexibility index (Phi) is 5.80. The topological polar surface area (TPSA) is 56.6 Å². The fraction of sp³-hybridized carbons (Fsp3) is 0.214. The summed E-state index contributed by atoms with van der Waals surface area (Å²) in [5, 5.41) is 1.02. The Morgan fingerprint density at radius 2 is 1.76 bits per heavy atom. The van der Waals surface area contributed by atoms with Crippen LogP contribution < -0.4 is 9.47 Å². The Morgan fingerprint density at radius 3 is 2.50 bits per heavy atom. The Morgan fingerprint density at radius 1 is 1.03 bits per heavy atom. The highest BCUT2D eigenvalue weighted by atomic mass is 16.5. The van der Waals surface area contributed by atoms with Crippen LogP contribution in [0.1, 0.15) is 18.1 Å². The fourth-order valence-corrected chi connectivity index (χ4v) is 4.73. The molecule has 4 aromatic rings. The van der Waals surface area contributed by atoms with E-state index in [9.17, 15) is 4.79 Å². The maximum absolute atomic E-state index is 13.2. The molecule has 0 unspecified atom stereocenters. The van der Waals surface area contributed by atoms with Crippen molar-refractivity contribution < 1.29 is 15.7 Å². The number of ether oxygens (including phenoxy) is 2. The van der Waals surface area contributed by atoms with E-state index in [2.05, 4.69) is 27.8 Å². The zero-order chi connectivity index (χ0) is 23.7. The van der Waals surface area contributed by atoms with E-state index in [1.165, 1.54) is 5.56 Å². The molecule has 1 aliphatic heterocycles. The molecule has 172 valence electrons. The number of carbonyl (C=O) groups excluding carboxylic acids is 1. The standard InChI is InChI=1S/C28H27N3O3/c1-30-27(19-8-5-4-6-9-19)22(23-10-7-14-29-28(23)30)11-12-26(32)31-15-13-20-16-24(33-2)25(34-3)17-21(20)18-31/h4-12,14,16-17H,13,15,18H2,1-3H3/p+1/b12-11+. The van der Waals surface area contributed by atoms with Crippen molar-refractivity contribution in [3.63, 3.8) is 0 Å². The van der Waals surface area contributed by atoms with Gasteiger partial charge in [-0.1, -0.05) is 30.3 Å². The van der Waals surface area contributed by atoms with Crippen LogP contribution in [-0.4, -0.2) is 41.1 Å². The van der Waals surface area contributed by atoms with E-state index in [4.69, 9.17) is 9.47 Å². The van der Waals surface area contributed by atoms with E-state index in [-0.39, 0.29) is 7.33 Å². The molecule has 0 atom stereocenters. The summed E-state index contributed by atoms with van der Waals surface area (Å²) in [6, 6.07) is 18.2. The summed E-state index contributed by atoms with van der Waals surface area (Å²) in [5.41, 5.74) is 6.29. The van der Waals surface area contributed by atoms with E-state index >= 15 is 0 Å². The predicted molar refractivity (Wildman–Crippen MR) is 135 cm³/mol. The van der Waals surface area contributed by atoms with E-state index in [1.54, 1.807) is 26.5 Å². The van der Waals surface area contributed by atoms with Gasteiger partial charge in [0.05, 0.1) is 19.9 Å². The number of carbonyl (C=O) groups is 1. The molecule has 3 heterocycles. The summed E-state index contributed by atoms with van der Waals surface area (Å²) in [6.45, 7) is 1.20. The normalized spacial score (nSPS) is 13.3. The average Bonchev–Trinajstić information content (AvgIpc) is 3.18. The second-order valence-corrected chi connectivity index (χ2v) is 8.38. The summed E-state index contributed by atoms with van der Waals surface area (Å²) in [7, 11) is 5.28. The molecule has 6 heteroatoms. The molecule has 0 aliphatic carbocycles. The van der Waals surface area contributed by atoms with Gasteiger partial charge < -0.3 is 18.9 Å². The lowest BCUT2D eigenvalue weighted by Gasteiger charge is -2.28. The van der Waals surface area contributed by atoms with Crippen molar-refractivity contribution in [2.45, 2.75) is 13.0 Å². The molecule has 0 N–H and O–H groups in total. The van der Waals surface area contributed by atoms with Crippen molar-refractivity contribution in [1.82, 2.24) is 14.5 Å². The van der Waals surface area contributed by atoms with Gasteiger partial charge in [-0.2, -0.15) is 0 Å². The van der Waals surface area contributed by atoms with Crippen molar-refractivity contribution >= 4 is 23.0 Å². The molecule has 0 radical (unpaired) electrons. The first-order valence-electron chi connectivity index (χ1n) is 11.3. The van der Waals surface area contributed by atoms with E-state index in [1.807, 2.05) is 54.4 Å². The number of hydrogen-bond acceptors (Lipinski definition) is 4. The number of methoxy groups -OCH3 is 2. The molecule has 0 bridgehead atoms. The monoisotopic (exact) mass is 454 g/mol. The van der Waals surface area contributed by atoms with Crippen LogP contribution in [0.25, 0.3) is 28.4 Å². The molecule has 1 aliphatic rings. The number of benzene rings is 2. The maximum Gasteiger partial charge on any atom is 1.00 e. The number of hydrogen-bond donors (Lipinski definition) is 0. The minimum absolute atomic E-state index is 0. The third-order valence-corrected chi connectivity index (χ3v) is 6.45. The summed E-state index contributed by atoms with van der Waals surface area (Å²) in [5.74, 6) is 1.39. The Bertz CT molecular complexity index is 1400. The molecule has 0 spiro atoms. The number of pyridine rings is 1. The lowest BCUT2D eigenvalue weighted by molar-refractivity contribution is -0.126. The van der Waals surface area contributed by atoms with E-state index < -0.39 is 0 Å². The highest BCUT2D eigenvalue weighted by Gasteiger charge is 2.22. The van der Waals surface area contributed by atoms with Gasteiger partial charge in [-0.05, 0) is 53.5 Å². The zero-order valence-corrected chi connectivity index (χ0v) is 19.6. The predicted octanol–water partition coefficient (Wildman–Crippen LogP) is 4.97. The highest BCUT2D eigenvalue weighted by molar-refractivity contribution is 6.00. The lowest BCUT2D eigenvalue weighted by atomic mass is 9.98. The Hall–Kier alpha value is -4.06. The first-order chi connectivity index (χ1) is 16.6. The summed E-state index contributed by atoms with van der Waals surface area (Å²) in [6.07, 6.45) is 6.19. The van der Waals surface area contributed by atoms with Gasteiger partial charge in [-0.3, -0.25) is 4.79 Å². The van der Waals surface area contributed by atoms with Gasteiger partial charge in [0.25, 0.3) is 0 Å². The Balaban J connectivity index is 0.00000289. The molecule has 0 saturated carbocycles. The van der Waals surface area contributed by atoms with Gasteiger partial charge >= 0.3 is 1.43 Å². The van der Waals surface area contributed by atoms with Gasteiger partial charge in [-0.25, -0.2) is 4.98 Å². The van der Waals surface area contributed by atoms with Crippen LogP contribution in [0, 0.1) is 0 Å². The highest BCUT2D eigenvalue weighted by Crippen LogP contribution is 2.35. The molecule has 6 nitrogen and oxygen atoms in total. The smallest absolute Gasteiger partial charge is 0.493 e. The van der Waals surface area contributed by atoms with Crippen LogP contribution in [-0.2, 0) is 24.8 Å². The zero-order valence-electron chi connectivity index (χ0n) is 20.6. The summed E-state index contributed by atoms with van der Waals surface area (Å²) >= 11 is 0. The van der Waals surface area contributed by atoms with Crippen molar-refractivity contribution in [3.05, 3.63) is 83.6 Å². The van der Waals surface area contributed by atoms with E-state index in [0.29, 0.717) is 18.8 Å². The number of amides is 1. The second kappa shape index (κ2) is 9.06. The van der Waals surface area contributed by atoms with Crippen molar-refractivity contribution in [2.75, 3.05) is 20.8 Å². The van der Waals surface area contributed by atoms with Gasteiger partial charge in [0, 0.05) is 43.4 Å². The van der Waals surface area contributed by atoms with Gasteiger partial charge in [0.1, 0.15) is 5.65 Å². The van der Waals surface area contributed by atoms with Crippen molar-refractivity contribution in [1.29, 1.82) is 0 Å². The average molecular weight is 455 g/mol. The Labute approximate surface area is 200 Å². The summed E-state index contributed by atoms with van der Waals surface area (Å²) < 4.78 is 13.0. The molecular weight excluding hydrogens is 426 g/mol. The van der Waals surface area contributed by atoms with Gasteiger partial charge in [0.2, 0.25) is 5.91 Å². The lowest BCUT2D eigenvalue weighted by Crippen LogP contribution is -2.34. The fourth-order valence-electron chi connectivity index (χ4n) is 4.73. The van der Waals surface area contributed by atoms with E-state index in [0.717, 1.165) is 45.6 Å². The molecule has 2 aromatic heterocycles. The molecule has 34 heavy (non-hydrogen) atoms. The largest absolute Gasteiger partial charge is 1.00 e. The molecular formula is C28H28N3O3+. The van der Waals surface area contributed by atoms with Crippen LogP contribution in [0.2, 0.25) is 0 Å². The van der Waals surface area contributed by atoms with Crippen molar-refractivity contribution in [3.8, 4) is 22.8 Å². The molecule has 0 saturated heterocycles. The minimum Gasteiger partial charge on any atom is -0.493 e. The quantitative estimate of drug-likeness (QED) is 0.400. The number of aryl methyl sites for hydroxylation is 1. The third kappa shape index (κ3) is 3.81. The number of rotatable bonds is 5. The van der Waals surface area contributed by atoms with Gasteiger partial charge in [0.15, 0.2) is 11.5 Å². The molecule has 0 fully saturated rings. The SMILES string of the molecule is COc1cc2c(cc1OC)CN(C(=O)/C=C/c1c(-c3ccccc3)n(C)c3ncccc13)CC2.[H+]. The van der Waals surface area contributed by atoms with Crippen LogP contribution >= 0.6 is 0 Å². The maximum atomic E-state index is 13.2. The first kappa shape index (κ1) is 21.8.